The molecule has 0 heterocycles. The van der Waals surface area contributed by atoms with E-state index in [-0.39, 0.29) is 6.04 Å². The van der Waals surface area contributed by atoms with Gasteiger partial charge in [0.2, 0.25) is 0 Å². The molecule has 2 aromatic rings. The van der Waals surface area contributed by atoms with Gasteiger partial charge in [-0.3, -0.25) is 0 Å². The van der Waals surface area contributed by atoms with Crippen molar-refractivity contribution in [3.63, 3.8) is 0 Å². The number of nitrogens with one attached hydrogen (secondary N) is 1. The Balaban J connectivity index is 2.00. The number of rotatable bonds is 5. The molecule has 2 aromatic carbocycles. The molecular formula is C15H18N2O. The van der Waals surface area contributed by atoms with Crippen LogP contribution < -0.4 is 15.8 Å². The van der Waals surface area contributed by atoms with Crippen molar-refractivity contribution in [2.24, 2.45) is 5.73 Å². The van der Waals surface area contributed by atoms with Gasteiger partial charge < -0.3 is 15.8 Å². The molecule has 2 rings (SSSR count). The number of para-hydroxylation sites is 1. The van der Waals surface area contributed by atoms with Crippen LogP contribution in [0.2, 0.25) is 0 Å². The van der Waals surface area contributed by atoms with Gasteiger partial charge in [-0.1, -0.05) is 18.2 Å². The molecule has 0 radical (unpaired) electrons. The zero-order chi connectivity index (χ0) is 12.8. The summed E-state index contributed by atoms with van der Waals surface area (Å²) in [5.41, 5.74) is 6.61. The van der Waals surface area contributed by atoms with Crippen LogP contribution in [0.4, 0.5) is 5.69 Å². The summed E-state index contributed by atoms with van der Waals surface area (Å²) in [6.45, 7) is 2.66. The zero-order valence-electron chi connectivity index (χ0n) is 10.5. The van der Waals surface area contributed by atoms with Crippen molar-refractivity contribution in [1.29, 1.82) is 0 Å². The van der Waals surface area contributed by atoms with E-state index in [1.807, 2.05) is 61.5 Å². The lowest BCUT2D eigenvalue weighted by atomic mass is 10.2. The molecule has 0 fully saturated rings. The second-order valence-corrected chi connectivity index (χ2v) is 4.22. The fraction of sp³-hybridized carbons (Fsp3) is 0.200. The van der Waals surface area contributed by atoms with E-state index in [1.54, 1.807) is 0 Å². The Morgan fingerprint density at radius 2 is 1.61 bits per heavy atom. The van der Waals surface area contributed by atoms with Crippen molar-refractivity contribution < 1.29 is 4.74 Å². The SMILES string of the molecule is CC(CN)Nc1ccc(Oc2ccccc2)cc1. The highest BCUT2D eigenvalue weighted by Gasteiger charge is 2.00. The predicted octanol–water partition coefficient (Wildman–Crippen LogP) is 3.24. The average molecular weight is 242 g/mol. The van der Waals surface area contributed by atoms with E-state index < -0.39 is 0 Å². The van der Waals surface area contributed by atoms with E-state index in [0.29, 0.717) is 6.54 Å². The number of hydrogen-bond acceptors (Lipinski definition) is 3. The van der Waals surface area contributed by atoms with Crippen LogP contribution >= 0.6 is 0 Å². The first-order valence-electron chi connectivity index (χ1n) is 6.07. The minimum atomic E-state index is 0.269. The molecule has 0 saturated carbocycles. The average Bonchev–Trinajstić information content (AvgIpc) is 2.42. The molecule has 0 bridgehead atoms. The summed E-state index contributed by atoms with van der Waals surface area (Å²) >= 11 is 0. The summed E-state index contributed by atoms with van der Waals surface area (Å²) in [5, 5.41) is 3.30. The third-order valence-corrected chi connectivity index (χ3v) is 2.60. The molecule has 18 heavy (non-hydrogen) atoms. The van der Waals surface area contributed by atoms with Crippen LogP contribution in [-0.4, -0.2) is 12.6 Å². The maximum Gasteiger partial charge on any atom is 0.127 e. The second kappa shape index (κ2) is 6.07. The van der Waals surface area contributed by atoms with Crippen molar-refractivity contribution in [3.05, 3.63) is 54.6 Å². The van der Waals surface area contributed by atoms with Crippen LogP contribution in [0.15, 0.2) is 54.6 Å². The van der Waals surface area contributed by atoms with E-state index in [0.717, 1.165) is 17.2 Å². The Kier molecular flexibility index (Phi) is 4.20. The Labute approximate surface area is 108 Å². The fourth-order valence-electron chi connectivity index (χ4n) is 1.59. The van der Waals surface area contributed by atoms with Crippen LogP contribution in [0.25, 0.3) is 0 Å². The van der Waals surface area contributed by atoms with Crippen molar-refractivity contribution in [2.75, 3.05) is 11.9 Å². The summed E-state index contributed by atoms with van der Waals surface area (Å²) in [4.78, 5) is 0. The molecule has 0 aliphatic rings. The van der Waals surface area contributed by atoms with E-state index in [4.69, 9.17) is 10.5 Å². The molecular weight excluding hydrogens is 224 g/mol. The molecule has 3 nitrogen and oxygen atoms in total. The van der Waals surface area contributed by atoms with Gasteiger partial charge in [0, 0.05) is 18.3 Å². The quantitative estimate of drug-likeness (QED) is 0.846. The zero-order valence-corrected chi connectivity index (χ0v) is 10.5. The lowest BCUT2D eigenvalue weighted by molar-refractivity contribution is 0.483. The normalized spacial score (nSPS) is 11.9. The Hall–Kier alpha value is -2.00. The van der Waals surface area contributed by atoms with Crippen LogP contribution in [0.5, 0.6) is 11.5 Å². The highest BCUT2D eigenvalue weighted by molar-refractivity contribution is 5.47. The molecule has 0 amide bonds. The minimum Gasteiger partial charge on any atom is -0.457 e. The van der Waals surface area contributed by atoms with Gasteiger partial charge in [0.15, 0.2) is 0 Å². The van der Waals surface area contributed by atoms with Gasteiger partial charge in [-0.2, -0.15) is 0 Å². The summed E-state index contributed by atoms with van der Waals surface area (Å²) in [6, 6.07) is 17.9. The lowest BCUT2D eigenvalue weighted by Crippen LogP contribution is -2.24. The largest absolute Gasteiger partial charge is 0.457 e. The molecule has 0 spiro atoms. The third kappa shape index (κ3) is 3.50. The first kappa shape index (κ1) is 12.5. The smallest absolute Gasteiger partial charge is 0.127 e. The monoisotopic (exact) mass is 242 g/mol. The van der Waals surface area contributed by atoms with E-state index in [9.17, 15) is 0 Å². The summed E-state index contributed by atoms with van der Waals surface area (Å²) in [7, 11) is 0. The van der Waals surface area contributed by atoms with Crippen LogP contribution in [0.1, 0.15) is 6.92 Å². The topological polar surface area (TPSA) is 47.3 Å². The number of hydrogen-bond donors (Lipinski definition) is 2. The van der Waals surface area contributed by atoms with Gasteiger partial charge in [-0.25, -0.2) is 0 Å². The van der Waals surface area contributed by atoms with E-state index in [1.165, 1.54) is 0 Å². The molecule has 94 valence electrons. The van der Waals surface area contributed by atoms with Gasteiger partial charge in [0.25, 0.3) is 0 Å². The maximum atomic E-state index is 5.71. The number of ether oxygens (including phenoxy) is 1. The lowest BCUT2D eigenvalue weighted by Gasteiger charge is -2.13. The molecule has 1 unspecified atom stereocenters. The highest BCUT2D eigenvalue weighted by Crippen LogP contribution is 2.22. The van der Waals surface area contributed by atoms with Crippen LogP contribution in [-0.2, 0) is 0 Å². The Morgan fingerprint density at radius 3 is 2.22 bits per heavy atom. The van der Waals surface area contributed by atoms with Crippen molar-refractivity contribution in [1.82, 2.24) is 0 Å². The molecule has 1 atom stereocenters. The van der Waals surface area contributed by atoms with Gasteiger partial charge >= 0.3 is 0 Å². The van der Waals surface area contributed by atoms with Crippen LogP contribution in [0.3, 0.4) is 0 Å². The van der Waals surface area contributed by atoms with Gasteiger partial charge in [0.1, 0.15) is 11.5 Å². The van der Waals surface area contributed by atoms with Crippen molar-refractivity contribution in [2.45, 2.75) is 13.0 Å². The molecule has 0 aliphatic heterocycles. The molecule has 3 N–H and O–H groups in total. The third-order valence-electron chi connectivity index (χ3n) is 2.60. The summed E-state index contributed by atoms with van der Waals surface area (Å²) in [5.74, 6) is 1.67. The number of benzene rings is 2. The minimum absolute atomic E-state index is 0.269. The number of nitrogens with two attached hydrogens (primary N) is 1. The standard InChI is InChI=1S/C15H18N2O/c1-12(11-16)17-13-7-9-15(10-8-13)18-14-5-3-2-4-6-14/h2-10,12,17H,11,16H2,1H3. The van der Waals surface area contributed by atoms with E-state index in [2.05, 4.69) is 5.32 Å². The van der Waals surface area contributed by atoms with Gasteiger partial charge in [-0.05, 0) is 43.3 Å². The van der Waals surface area contributed by atoms with E-state index >= 15 is 0 Å². The maximum absolute atomic E-state index is 5.71. The predicted molar refractivity (Wildman–Crippen MR) is 75.1 cm³/mol. The van der Waals surface area contributed by atoms with Crippen molar-refractivity contribution in [3.8, 4) is 11.5 Å². The highest BCUT2D eigenvalue weighted by atomic mass is 16.5. The second-order valence-electron chi connectivity index (χ2n) is 4.22. The summed E-state index contributed by atoms with van der Waals surface area (Å²) in [6.07, 6.45) is 0. The molecule has 0 aromatic heterocycles. The first-order valence-corrected chi connectivity index (χ1v) is 6.07. The molecule has 0 aliphatic carbocycles. The first-order chi connectivity index (χ1) is 8.78. The molecule has 3 heteroatoms. The van der Waals surface area contributed by atoms with Gasteiger partial charge in [-0.15, -0.1) is 0 Å². The van der Waals surface area contributed by atoms with Crippen molar-refractivity contribution >= 4 is 5.69 Å². The number of anilines is 1. The Bertz CT molecular complexity index is 468. The van der Waals surface area contributed by atoms with Crippen LogP contribution in [0, 0.1) is 0 Å². The molecule has 0 saturated heterocycles. The Morgan fingerprint density at radius 1 is 1.00 bits per heavy atom. The van der Waals surface area contributed by atoms with Gasteiger partial charge in [0.05, 0.1) is 0 Å². The summed E-state index contributed by atoms with van der Waals surface area (Å²) < 4.78 is 5.71. The fourth-order valence-corrected chi connectivity index (χ4v) is 1.59.